The first-order chi connectivity index (χ1) is 11.0. The summed E-state index contributed by atoms with van der Waals surface area (Å²) >= 11 is 5.95. The number of aryl methyl sites for hydroxylation is 2. The molecule has 2 rings (SSSR count). The highest BCUT2D eigenvalue weighted by Gasteiger charge is 2.06. The molecule has 1 N–H and O–H groups in total. The van der Waals surface area contributed by atoms with Crippen LogP contribution >= 0.6 is 11.6 Å². The predicted molar refractivity (Wildman–Crippen MR) is 90.7 cm³/mol. The Morgan fingerprint density at radius 3 is 2.70 bits per heavy atom. The fourth-order valence-electron chi connectivity index (χ4n) is 2.07. The molecule has 3 nitrogen and oxygen atoms in total. The summed E-state index contributed by atoms with van der Waals surface area (Å²) in [5.74, 6) is 0.204. The molecule has 0 unspecified atom stereocenters. The Bertz CT molecular complexity index is 703. The second-order valence-corrected chi connectivity index (χ2v) is 5.78. The molecule has 0 fully saturated rings. The van der Waals surface area contributed by atoms with Gasteiger partial charge in [0, 0.05) is 17.1 Å². The largest absolute Gasteiger partial charge is 0.494 e. The quantitative estimate of drug-likeness (QED) is 0.763. The molecule has 0 saturated carbocycles. The zero-order valence-corrected chi connectivity index (χ0v) is 13.9. The van der Waals surface area contributed by atoms with Crippen LogP contribution < -0.4 is 10.1 Å². The topological polar surface area (TPSA) is 38.3 Å². The first-order valence-electron chi connectivity index (χ1n) is 7.40. The SMILES string of the molecule is Cc1cc(OCCCC(=O)Nc2cc(F)ccc2C)ccc1Cl. The number of ether oxygens (including phenoxy) is 1. The third-order valence-electron chi connectivity index (χ3n) is 3.42. The average Bonchev–Trinajstić information content (AvgIpc) is 2.51. The summed E-state index contributed by atoms with van der Waals surface area (Å²) < 4.78 is 18.8. The molecule has 2 aromatic rings. The number of anilines is 1. The van der Waals surface area contributed by atoms with E-state index >= 15 is 0 Å². The van der Waals surface area contributed by atoms with Crippen molar-refractivity contribution in [3.63, 3.8) is 0 Å². The van der Waals surface area contributed by atoms with Gasteiger partial charge in [-0.05, 0) is 61.7 Å². The lowest BCUT2D eigenvalue weighted by Crippen LogP contribution is -2.13. The maximum Gasteiger partial charge on any atom is 0.224 e. The summed E-state index contributed by atoms with van der Waals surface area (Å²) in [5.41, 5.74) is 2.28. The molecule has 0 bridgehead atoms. The van der Waals surface area contributed by atoms with Gasteiger partial charge in [-0.25, -0.2) is 4.39 Å². The summed E-state index contributed by atoms with van der Waals surface area (Å²) in [5, 5.41) is 3.41. The van der Waals surface area contributed by atoms with E-state index in [0.717, 1.165) is 16.9 Å². The van der Waals surface area contributed by atoms with Gasteiger partial charge in [0.15, 0.2) is 0 Å². The maximum atomic E-state index is 13.2. The van der Waals surface area contributed by atoms with Crippen LogP contribution in [0.5, 0.6) is 5.75 Å². The van der Waals surface area contributed by atoms with Gasteiger partial charge in [0.1, 0.15) is 11.6 Å². The number of hydrogen-bond donors (Lipinski definition) is 1. The molecule has 0 spiro atoms. The van der Waals surface area contributed by atoms with Crippen molar-refractivity contribution in [2.45, 2.75) is 26.7 Å². The first kappa shape index (κ1) is 17.3. The van der Waals surface area contributed by atoms with Gasteiger partial charge in [0.2, 0.25) is 5.91 Å². The van der Waals surface area contributed by atoms with E-state index in [0.29, 0.717) is 30.2 Å². The minimum absolute atomic E-state index is 0.158. The molecule has 0 aromatic heterocycles. The van der Waals surface area contributed by atoms with Gasteiger partial charge in [-0.3, -0.25) is 4.79 Å². The lowest BCUT2D eigenvalue weighted by Gasteiger charge is -2.10. The average molecular weight is 336 g/mol. The number of carbonyl (C=O) groups excluding carboxylic acids is 1. The highest BCUT2D eigenvalue weighted by atomic mass is 35.5. The number of carbonyl (C=O) groups is 1. The predicted octanol–water partition coefficient (Wildman–Crippen LogP) is 4.89. The summed E-state index contributed by atoms with van der Waals surface area (Å²) in [6.45, 7) is 4.15. The summed E-state index contributed by atoms with van der Waals surface area (Å²) in [6, 6.07) is 9.76. The number of halogens is 2. The smallest absolute Gasteiger partial charge is 0.224 e. The van der Waals surface area contributed by atoms with Gasteiger partial charge in [0.05, 0.1) is 6.61 Å². The second kappa shape index (κ2) is 7.97. The highest BCUT2D eigenvalue weighted by molar-refractivity contribution is 6.31. The number of rotatable bonds is 6. The van der Waals surface area contributed by atoms with E-state index in [-0.39, 0.29) is 11.7 Å². The Kier molecular flexibility index (Phi) is 5.99. The molecule has 2 aromatic carbocycles. The van der Waals surface area contributed by atoms with Crippen LogP contribution in [0.25, 0.3) is 0 Å². The van der Waals surface area contributed by atoms with Crippen LogP contribution in [0, 0.1) is 19.7 Å². The molecule has 0 heterocycles. The number of hydrogen-bond acceptors (Lipinski definition) is 2. The van der Waals surface area contributed by atoms with Crippen LogP contribution in [0.15, 0.2) is 36.4 Å². The molecule has 0 aliphatic heterocycles. The second-order valence-electron chi connectivity index (χ2n) is 5.37. The first-order valence-corrected chi connectivity index (χ1v) is 7.78. The molecule has 0 saturated heterocycles. The minimum Gasteiger partial charge on any atom is -0.494 e. The molecule has 23 heavy (non-hydrogen) atoms. The third-order valence-corrected chi connectivity index (χ3v) is 3.84. The molecular formula is C18H19ClFNO2. The van der Waals surface area contributed by atoms with Crippen LogP contribution in [-0.4, -0.2) is 12.5 Å². The molecule has 0 atom stereocenters. The summed E-state index contributed by atoms with van der Waals surface area (Å²) in [7, 11) is 0. The number of amides is 1. The Labute approximate surface area is 140 Å². The van der Waals surface area contributed by atoms with E-state index in [2.05, 4.69) is 5.32 Å². The van der Waals surface area contributed by atoms with Crippen LogP contribution in [0.1, 0.15) is 24.0 Å². The van der Waals surface area contributed by atoms with E-state index in [4.69, 9.17) is 16.3 Å². The van der Waals surface area contributed by atoms with Crippen LogP contribution in [0.2, 0.25) is 5.02 Å². The fourth-order valence-corrected chi connectivity index (χ4v) is 2.19. The van der Waals surface area contributed by atoms with Crippen LogP contribution in [0.3, 0.4) is 0 Å². The lowest BCUT2D eigenvalue weighted by atomic mass is 10.2. The Morgan fingerprint density at radius 1 is 1.17 bits per heavy atom. The van der Waals surface area contributed by atoms with Gasteiger partial charge < -0.3 is 10.1 Å². The summed E-state index contributed by atoms with van der Waals surface area (Å²) in [4.78, 5) is 11.9. The van der Waals surface area contributed by atoms with E-state index in [9.17, 15) is 9.18 Å². The van der Waals surface area contributed by atoms with Crippen molar-refractivity contribution in [2.75, 3.05) is 11.9 Å². The number of benzene rings is 2. The monoisotopic (exact) mass is 335 g/mol. The Morgan fingerprint density at radius 2 is 1.96 bits per heavy atom. The van der Waals surface area contributed by atoms with Crippen molar-refractivity contribution in [3.8, 4) is 5.75 Å². The van der Waals surface area contributed by atoms with Crippen molar-refractivity contribution in [1.82, 2.24) is 0 Å². The Hall–Kier alpha value is -2.07. The van der Waals surface area contributed by atoms with Gasteiger partial charge in [0.25, 0.3) is 0 Å². The molecule has 0 radical (unpaired) electrons. The lowest BCUT2D eigenvalue weighted by molar-refractivity contribution is -0.116. The normalized spacial score (nSPS) is 10.4. The van der Waals surface area contributed by atoms with Crippen molar-refractivity contribution in [2.24, 2.45) is 0 Å². The molecule has 1 amide bonds. The molecule has 5 heteroatoms. The van der Waals surface area contributed by atoms with Crippen molar-refractivity contribution < 1.29 is 13.9 Å². The minimum atomic E-state index is -0.368. The van der Waals surface area contributed by atoms with Gasteiger partial charge >= 0.3 is 0 Å². The Balaban J connectivity index is 1.76. The van der Waals surface area contributed by atoms with Crippen LogP contribution in [0.4, 0.5) is 10.1 Å². The van der Waals surface area contributed by atoms with Gasteiger partial charge in [-0.2, -0.15) is 0 Å². The zero-order valence-electron chi connectivity index (χ0n) is 13.2. The fraction of sp³-hybridized carbons (Fsp3) is 0.278. The zero-order chi connectivity index (χ0) is 16.8. The third kappa shape index (κ3) is 5.25. The molecule has 122 valence electrons. The van der Waals surface area contributed by atoms with Crippen molar-refractivity contribution in [1.29, 1.82) is 0 Å². The van der Waals surface area contributed by atoms with Crippen LogP contribution in [-0.2, 0) is 4.79 Å². The standard InChI is InChI=1S/C18H19ClFNO2/c1-12-5-6-14(20)11-17(12)21-18(22)4-3-9-23-15-7-8-16(19)13(2)10-15/h5-8,10-11H,3-4,9H2,1-2H3,(H,21,22). The van der Waals surface area contributed by atoms with E-state index < -0.39 is 0 Å². The van der Waals surface area contributed by atoms with Gasteiger partial charge in [-0.15, -0.1) is 0 Å². The van der Waals surface area contributed by atoms with Crippen molar-refractivity contribution >= 4 is 23.2 Å². The van der Waals surface area contributed by atoms with E-state index in [1.165, 1.54) is 12.1 Å². The number of nitrogens with one attached hydrogen (secondary N) is 1. The van der Waals surface area contributed by atoms with Gasteiger partial charge in [-0.1, -0.05) is 17.7 Å². The molecular weight excluding hydrogens is 317 g/mol. The summed E-state index contributed by atoms with van der Waals surface area (Å²) in [6.07, 6.45) is 0.879. The van der Waals surface area contributed by atoms with E-state index in [1.807, 2.05) is 19.9 Å². The molecule has 0 aliphatic rings. The van der Waals surface area contributed by atoms with E-state index in [1.54, 1.807) is 18.2 Å². The maximum absolute atomic E-state index is 13.2. The van der Waals surface area contributed by atoms with Crippen molar-refractivity contribution in [3.05, 3.63) is 58.4 Å². The highest BCUT2D eigenvalue weighted by Crippen LogP contribution is 2.21. The molecule has 0 aliphatic carbocycles.